The standard InChI is InChI=1S/C23H26F2N4O4S/c1-3-17-12-16(13-20(25)22(17)28-34(2,31)32)15-26-21(30)7-5-18-4-6-19(14-24)27-23(18)29-8-10-33-11-9-29/h3-7,12-13,28H,1,8-11,14-15H2,2H3,(H,26,30)/b7-5+. The van der Waals surface area contributed by atoms with E-state index in [-0.39, 0.29) is 17.8 Å². The molecule has 11 heteroatoms. The highest BCUT2D eigenvalue weighted by Gasteiger charge is 2.17. The van der Waals surface area contributed by atoms with Crippen molar-refractivity contribution in [1.82, 2.24) is 10.3 Å². The van der Waals surface area contributed by atoms with Crippen LogP contribution in [0.2, 0.25) is 0 Å². The molecule has 1 aromatic heterocycles. The summed E-state index contributed by atoms with van der Waals surface area (Å²) >= 11 is 0. The molecular weight excluding hydrogens is 466 g/mol. The van der Waals surface area contributed by atoms with Gasteiger partial charge in [0, 0.05) is 36.8 Å². The van der Waals surface area contributed by atoms with E-state index in [2.05, 4.69) is 21.6 Å². The topological polar surface area (TPSA) is 101 Å². The van der Waals surface area contributed by atoms with Gasteiger partial charge in [-0.3, -0.25) is 9.52 Å². The first-order valence-corrected chi connectivity index (χ1v) is 12.4. The lowest BCUT2D eigenvalue weighted by molar-refractivity contribution is -0.116. The predicted octanol–water partition coefficient (Wildman–Crippen LogP) is 2.87. The number of alkyl halides is 1. The minimum absolute atomic E-state index is 0.00937. The molecule has 1 aliphatic heterocycles. The van der Waals surface area contributed by atoms with Gasteiger partial charge in [0.05, 0.1) is 30.9 Å². The Morgan fingerprint density at radius 2 is 2.00 bits per heavy atom. The molecular formula is C23H26F2N4O4S. The molecule has 2 heterocycles. The van der Waals surface area contributed by atoms with E-state index in [1.165, 1.54) is 18.2 Å². The minimum atomic E-state index is -3.67. The van der Waals surface area contributed by atoms with Crippen LogP contribution in [-0.2, 0) is 32.8 Å². The third kappa shape index (κ3) is 6.84. The normalized spacial score (nSPS) is 14.3. The van der Waals surface area contributed by atoms with E-state index >= 15 is 0 Å². The highest BCUT2D eigenvalue weighted by atomic mass is 32.2. The Labute approximate surface area is 197 Å². The van der Waals surface area contributed by atoms with Gasteiger partial charge >= 0.3 is 0 Å². The highest BCUT2D eigenvalue weighted by molar-refractivity contribution is 7.92. The van der Waals surface area contributed by atoms with Crippen LogP contribution in [0.25, 0.3) is 12.2 Å². The first-order chi connectivity index (χ1) is 16.2. The molecule has 0 saturated carbocycles. The zero-order valence-electron chi connectivity index (χ0n) is 18.7. The molecule has 0 aliphatic carbocycles. The van der Waals surface area contributed by atoms with Gasteiger partial charge in [-0.15, -0.1) is 0 Å². The van der Waals surface area contributed by atoms with E-state index < -0.39 is 28.4 Å². The average Bonchev–Trinajstić information content (AvgIpc) is 2.82. The number of amides is 1. The third-order valence-corrected chi connectivity index (χ3v) is 5.55. The molecule has 0 unspecified atom stereocenters. The van der Waals surface area contributed by atoms with Gasteiger partial charge in [-0.05, 0) is 35.9 Å². The summed E-state index contributed by atoms with van der Waals surface area (Å²) in [6.07, 6.45) is 5.15. The molecule has 0 atom stereocenters. The number of pyridine rings is 1. The van der Waals surface area contributed by atoms with Crippen molar-refractivity contribution in [3.8, 4) is 0 Å². The molecule has 1 aliphatic rings. The Balaban J connectivity index is 1.71. The first-order valence-electron chi connectivity index (χ1n) is 10.5. The molecule has 182 valence electrons. The van der Waals surface area contributed by atoms with Crippen LogP contribution < -0.4 is 14.9 Å². The fourth-order valence-electron chi connectivity index (χ4n) is 3.39. The van der Waals surface area contributed by atoms with Crippen molar-refractivity contribution in [2.45, 2.75) is 13.2 Å². The number of aromatic nitrogens is 1. The molecule has 0 radical (unpaired) electrons. The maximum absolute atomic E-state index is 14.5. The smallest absolute Gasteiger partial charge is 0.244 e. The summed E-state index contributed by atoms with van der Waals surface area (Å²) in [4.78, 5) is 18.7. The number of benzene rings is 1. The summed E-state index contributed by atoms with van der Waals surface area (Å²) in [5.74, 6) is -0.632. The van der Waals surface area contributed by atoms with Crippen molar-refractivity contribution in [3.05, 3.63) is 65.1 Å². The summed E-state index contributed by atoms with van der Waals surface area (Å²) in [5.41, 5.74) is 1.44. The Bertz CT molecular complexity index is 1200. The number of anilines is 2. The monoisotopic (exact) mass is 492 g/mol. The van der Waals surface area contributed by atoms with Crippen LogP contribution in [-0.4, -0.2) is 51.9 Å². The fourth-order valence-corrected chi connectivity index (χ4v) is 3.97. The van der Waals surface area contributed by atoms with Gasteiger partial charge in [-0.25, -0.2) is 22.2 Å². The van der Waals surface area contributed by atoms with Gasteiger partial charge in [0.15, 0.2) is 0 Å². The molecule has 2 N–H and O–H groups in total. The molecule has 0 bridgehead atoms. The van der Waals surface area contributed by atoms with Crippen LogP contribution in [0.15, 0.2) is 36.9 Å². The number of nitrogens with one attached hydrogen (secondary N) is 2. The predicted molar refractivity (Wildman–Crippen MR) is 128 cm³/mol. The van der Waals surface area contributed by atoms with Crippen molar-refractivity contribution in [1.29, 1.82) is 0 Å². The van der Waals surface area contributed by atoms with Gasteiger partial charge in [-0.2, -0.15) is 0 Å². The maximum atomic E-state index is 14.5. The number of rotatable bonds is 9. The maximum Gasteiger partial charge on any atom is 0.244 e. The molecule has 3 rings (SSSR count). The number of carbonyl (C=O) groups is 1. The van der Waals surface area contributed by atoms with Crippen molar-refractivity contribution in [3.63, 3.8) is 0 Å². The van der Waals surface area contributed by atoms with Crippen LogP contribution in [0.5, 0.6) is 0 Å². The molecule has 0 spiro atoms. The summed E-state index contributed by atoms with van der Waals surface area (Å²) in [6.45, 7) is 5.18. The summed E-state index contributed by atoms with van der Waals surface area (Å²) < 4.78 is 58.0. The first kappa shape index (κ1) is 25.3. The van der Waals surface area contributed by atoms with Crippen LogP contribution in [0.1, 0.15) is 22.4 Å². The van der Waals surface area contributed by atoms with Crippen molar-refractivity contribution < 1.29 is 26.7 Å². The minimum Gasteiger partial charge on any atom is -0.378 e. The molecule has 2 aromatic rings. The van der Waals surface area contributed by atoms with Crippen LogP contribution in [0.3, 0.4) is 0 Å². The lowest BCUT2D eigenvalue weighted by Gasteiger charge is -2.29. The lowest BCUT2D eigenvalue weighted by atomic mass is 10.1. The number of hydrogen-bond donors (Lipinski definition) is 2. The van der Waals surface area contributed by atoms with Crippen LogP contribution >= 0.6 is 0 Å². The summed E-state index contributed by atoms with van der Waals surface area (Å²) in [6, 6.07) is 5.94. The largest absolute Gasteiger partial charge is 0.378 e. The van der Waals surface area contributed by atoms with Crippen molar-refractivity contribution >= 4 is 39.6 Å². The number of morpholine rings is 1. The molecule has 1 saturated heterocycles. The number of carbonyl (C=O) groups excluding carboxylic acids is 1. The van der Waals surface area contributed by atoms with E-state index in [1.807, 2.05) is 4.90 Å². The Kier molecular flexibility index (Phi) is 8.35. The SMILES string of the molecule is C=Cc1cc(CNC(=O)/C=C/c2ccc(CF)nc2N2CCOCC2)cc(F)c1NS(C)(=O)=O. The van der Waals surface area contributed by atoms with Gasteiger partial charge in [0.25, 0.3) is 0 Å². The second-order valence-corrected chi connectivity index (χ2v) is 9.37. The van der Waals surface area contributed by atoms with E-state index in [1.54, 1.807) is 18.2 Å². The Hall–Kier alpha value is -3.31. The highest BCUT2D eigenvalue weighted by Crippen LogP contribution is 2.25. The number of sulfonamides is 1. The zero-order valence-corrected chi connectivity index (χ0v) is 19.5. The van der Waals surface area contributed by atoms with E-state index in [0.29, 0.717) is 48.9 Å². The van der Waals surface area contributed by atoms with E-state index in [0.717, 1.165) is 12.3 Å². The van der Waals surface area contributed by atoms with Gasteiger partial charge in [0.2, 0.25) is 15.9 Å². The van der Waals surface area contributed by atoms with Crippen LogP contribution in [0.4, 0.5) is 20.3 Å². The van der Waals surface area contributed by atoms with Gasteiger partial charge in [-0.1, -0.05) is 12.7 Å². The van der Waals surface area contributed by atoms with Crippen molar-refractivity contribution in [2.24, 2.45) is 0 Å². The molecule has 34 heavy (non-hydrogen) atoms. The number of ether oxygens (including phenoxy) is 1. The van der Waals surface area contributed by atoms with Gasteiger partial charge < -0.3 is 15.0 Å². The van der Waals surface area contributed by atoms with Crippen LogP contribution in [0, 0.1) is 5.82 Å². The van der Waals surface area contributed by atoms with Crippen molar-refractivity contribution in [2.75, 3.05) is 42.2 Å². The summed E-state index contributed by atoms with van der Waals surface area (Å²) in [5, 5.41) is 2.66. The van der Waals surface area contributed by atoms with E-state index in [4.69, 9.17) is 4.74 Å². The average molecular weight is 493 g/mol. The quantitative estimate of drug-likeness (QED) is 0.522. The zero-order chi connectivity index (χ0) is 24.7. The van der Waals surface area contributed by atoms with E-state index in [9.17, 15) is 22.0 Å². The fraction of sp³-hybridized carbons (Fsp3) is 0.304. The Morgan fingerprint density at radius 3 is 2.65 bits per heavy atom. The molecule has 1 amide bonds. The second kappa shape index (κ2) is 11.2. The number of nitrogens with zero attached hydrogens (tertiary/aromatic N) is 2. The molecule has 1 aromatic carbocycles. The molecule has 1 fully saturated rings. The molecule has 8 nitrogen and oxygen atoms in total. The van der Waals surface area contributed by atoms with Gasteiger partial charge in [0.1, 0.15) is 18.3 Å². The lowest BCUT2D eigenvalue weighted by Crippen LogP contribution is -2.37. The number of hydrogen-bond acceptors (Lipinski definition) is 6. The Morgan fingerprint density at radius 1 is 1.26 bits per heavy atom. The number of halogens is 2. The second-order valence-electron chi connectivity index (χ2n) is 7.62. The summed E-state index contributed by atoms with van der Waals surface area (Å²) in [7, 11) is -3.67. The third-order valence-electron chi connectivity index (χ3n) is 4.98.